The van der Waals surface area contributed by atoms with E-state index in [0.29, 0.717) is 0 Å². The summed E-state index contributed by atoms with van der Waals surface area (Å²) in [5, 5.41) is 6.44. The van der Waals surface area contributed by atoms with Gasteiger partial charge in [-0.1, -0.05) is 20.8 Å². The molecule has 1 atom stereocenters. The van der Waals surface area contributed by atoms with E-state index >= 15 is 0 Å². The Morgan fingerprint density at radius 3 is 2.33 bits per heavy atom. The Bertz CT molecular complexity index is 400. The smallest absolute Gasteiger partial charge is 0.227 e. The Labute approximate surface area is 127 Å². The number of nitrogens with one attached hydrogen (secondary N) is 2. The van der Waals surface area contributed by atoms with Gasteiger partial charge in [0.2, 0.25) is 11.8 Å². The first-order valence-corrected chi connectivity index (χ1v) is 8.03. The molecule has 2 amide bonds. The third-order valence-electron chi connectivity index (χ3n) is 4.68. The predicted octanol–water partition coefficient (Wildman–Crippen LogP) is 1.14. The first kappa shape index (κ1) is 16.3. The van der Waals surface area contributed by atoms with Crippen LogP contribution in [0, 0.1) is 10.8 Å². The molecule has 1 unspecified atom stereocenters. The van der Waals surface area contributed by atoms with E-state index in [2.05, 4.69) is 10.6 Å². The van der Waals surface area contributed by atoms with Gasteiger partial charge in [0.15, 0.2) is 0 Å². The second kappa shape index (κ2) is 5.95. The number of hydrogen-bond acceptors (Lipinski definition) is 3. The molecule has 2 N–H and O–H groups in total. The fraction of sp³-hybridized carbons (Fsp3) is 0.875. The Kier molecular flexibility index (Phi) is 4.61. The van der Waals surface area contributed by atoms with Gasteiger partial charge in [-0.15, -0.1) is 0 Å². The largest absolute Gasteiger partial charge is 0.353 e. The maximum absolute atomic E-state index is 12.4. The quantitative estimate of drug-likeness (QED) is 0.803. The van der Waals surface area contributed by atoms with Gasteiger partial charge in [-0.25, -0.2) is 0 Å². The Morgan fingerprint density at radius 1 is 1.24 bits per heavy atom. The fourth-order valence-electron chi connectivity index (χ4n) is 3.07. The summed E-state index contributed by atoms with van der Waals surface area (Å²) in [6.45, 7) is 11.1. The molecule has 2 fully saturated rings. The molecule has 0 radical (unpaired) electrons. The zero-order valence-corrected chi connectivity index (χ0v) is 13.8. The van der Waals surface area contributed by atoms with Crippen LogP contribution < -0.4 is 10.6 Å². The molecule has 2 heterocycles. The van der Waals surface area contributed by atoms with Crippen LogP contribution in [0.3, 0.4) is 0 Å². The Hall–Kier alpha value is -1.10. The molecule has 21 heavy (non-hydrogen) atoms. The second-order valence-corrected chi connectivity index (χ2v) is 7.78. The average molecular weight is 295 g/mol. The number of amides is 2. The van der Waals surface area contributed by atoms with Crippen LogP contribution in [0.15, 0.2) is 0 Å². The molecule has 5 nitrogen and oxygen atoms in total. The van der Waals surface area contributed by atoms with E-state index in [0.717, 1.165) is 45.4 Å². The molecule has 2 aliphatic heterocycles. The third-order valence-corrected chi connectivity index (χ3v) is 4.68. The molecule has 0 aromatic rings. The molecule has 0 saturated carbocycles. The Morgan fingerprint density at radius 2 is 1.86 bits per heavy atom. The highest BCUT2D eigenvalue weighted by Crippen LogP contribution is 2.26. The number of carbonyl (C=O) groups is 2. The molecular formula is C16H29N3O2. The molecule has 0 spiro atoms. The van der Waals surface area contributed by atoms with Gasteiger partial charge < -0.3 is 15.5 Å². The lowest BCUT2D eigenvalue weighted by Crippen LogP contribution is -2.51. The Balaban J connectivity index is 1.82. The van der Waals surface area contributed by atoms with Crippen LogP contribution in [0.4, 0.5) is 0 Å². The molecule has 120 valence electrons. The summed E-state index contributed by atoms with van der Waals surface area (Å²) < 4.78 is 0. The number of carbonyl (C=O) groups excluding carboxylic acids is 2. The van der Waals surface area contributed by atoms with Crippen molar-refractivity contribution in [1.82, 2.24) is 15.5 Å². The van der Waals surface area contributed by atoms with E-state index in [1.807, 2.05) is 32.6 Å². The van der Waals surface area contributed by atoms with Crippen LogP contribution >= 0.6 is 0 Å². The predicted molar refractivity (Wildman–Crippen MR) is 82.8 cm³/mol. The molecule has 0 bridgehead atoms. The summed E-state index contributed by atoms with van der Waals surface area (Å²) in [4.78, 5) is 26.5. The molecular weight excluding hydrogens is 266 g/mol. The SMILES string of the molecule is CC(C)(C)C(=O)N1CCC(NC(=O)C2(C)CCNC2)CC1. The molecule has 2 rings (SSSR count). The minimum absolute atomic E-state index is 0.160. The standard InChI is InChI=1S/C16H29N3O2/c1-15(2,3)14(21)19-9-5-12(6-10-19)18-13(20)16(4)7-8-17-11-16/h12,17H,5-11H2,1-4H3,(H,18,20). The lowest BCUT2D eigenvalue weighted by molar-refractivity contribution is -0.140. The highest BCUT2D eigenvalue weighted by Gasteiger charge is 2.38. The molecule has 5 heteroatoms. The van der Waals surface area contributed by atoms with Crippen molar-refractivity contribution in [2.45, 2.75) is 53.0 Å². The zero-order valence-electron chi connectivity index (χ0n) is 13.8. The van der Waals surface area contributed by atoms with Gasteiger partial charge in [-0.3, -0.25) is 9.59 Å². The molecule has 0 aliphatic carbocycles. The van der Waals surface area contributed by atoms with Gasteiger partial charge in [-0.2, -0.15) is 0 Å². The molecule has 2 aliphatic rings. The van der Waals surface area contributed by atoms with Crippen molar-refractivity contribution in [2.24, 2.45) is 10.8 Å². The minimum atomic E-state index is -0.320. The summed E-state index contributed by atoms with van der Waals surface area (Å²) in [5.74, 6) is 0.368. The monoisotopic (exact) mass is 295 g/mol. The molecule has 2 saturated heterocycles. The maximum atomic E-state index is 12.4. The summed E-state index contributed by atoms with van der Waals surface area (Å²) in [5.41, 5.74) is -0.586. The van der Waals surface area contributed by atoms with Crippen molar-refractivity contribution < 1.29 is 9.59 Å². The van der Waals surface area contributed by atoms with Crippen LogP contribution in [0.2, 0.25) is 0 Å². The molecule has 0 aromatic carbocycles. The number of hydrogen-bond donors (Lipinski definition) is 2. The topological polar surface area (TPSA) is 61.4 Å². The van der Waals surface area contributed by atoms with E-state index in [1.165, 1.54) is 0 Å². The van der Waals surface area contributed by atoms with Gasteiger partial charge in [0.25, 0.3) is 0 Å². The lowest BCUT2D eigenvalue weighted by Gasteiger charge is -2.37. The highest BCUT2D eigenvalue weighted by atomic mass is 16.2. The van der Waals surface area contributed by atoms with E-state index in [4.69, 9.17) is 0 Å². The average Bonchev–Trinajstić information content (AvgIpc) is 2.86. The highest BCUT2D eigenvalue weighted by molar-refractivity contribution is 5.83. The molecule has 0 aromatic heterocycles. The van der Waals surface area contributed by atoms with Gasteiger partial charge in [0, 0.05) is 31.1 Å². The van der Waals surface area contributed by atoms with E-state index in [-0.39, 0.29) is 28.7 Å². The van der Waals surface area contributed by atoms with Crippen LogP contribution in [0.25, 0.3) is 0 Å². The van der Waals surface area contributed by atoms with Crippen LogP contribution in [0.5, 0.6) is 0 Å². The van der Waals surface area contributed by atoms with Crippen molar-refractivity contribution in [3.05, 3.63) is 0 Å². The zero-order chi connectivity index (χ0) is 15.7. The van der Waals surface area contributed by atoms with Crippen molar-refractivity contribution in [3.8, 4) is 0 Å². The van der Waals surface area contributed by atoms with E-state index in [9.17, 15) is 9.59 Å². The van der Waals surface area contributed by atoms with Crippen molar-refractivity contribution >= 4 is 11.8 Å². The fourth-order valence-corrected chi connectivity index (χ4v) is 3.07. The number of nitrogens with zero attached hydrogens (tertiary/aromatic N) is 1. The van der Waals surface area contributed by atoms with Gasteiger partial charge in [0.05, 0.1) is 5.41 Å². The van der Waals surface area contributed by atoms with Crippen LogP contribution in [-0.2, 0) is 9.59 Å². The normalized spacial score (nSPS) is 27.7. The van der Waals surface area contributed by atoms with E-state index < -0.39 is 0 Å². The number of likely N-dealkylation sites (tertiary alicyclic amines) is 1. The minimum Gasteiger partial charge on any atom is -0.353 e. The van der Waals surface area contributed by atoms with Gasteiger partial charge >= 0.3 is 0 Å². The van der Waals surface area contributed by atoms with Crippen molar-refractivity contribution in [3.63, 3.8) is 0 Å². The maximum Gasteiger partial charge on any atom is 0.227 e. The summed E-state index contributed by atoms with van der Waals surface area (Å²) in [7, 11) is 0. The van der Waals surface area contributed by atoms with Gasteiger partial charge in [0.1, 0.15) is 0 Å². The van der Waals surface area contributed by atoms with Crippen LogP contribution in [0.1, 0.15) is 47.0 Å². The van der Waals surface area contributed by atoms with Gasteiger partial charge in [-0.05, 0) is 32.7 Å². The summed E-state index contributed by atoms with van der Waals surface area (Å²) in [6.07, 6.45) is 2.62. The van der Waals surface area contributed by atoms with Crippen LogP contribution in [-0.4, -0.2) is 48.9 Å². The summed E-state index contributed by atoms with van der Waals surface area (Å²) >= 11 is 0. The summed E-state index contributed by atoms with van der Waals surface area (Å²) in [6, 6.07) is 0.207. The lowest BCUT2D eigenvalue weighted by atomic mass is 9.88. The number of piperidine rings is 1. The second-order valence-electron chi connectivity index (χ2n) is 7.78. The first-order chi connectivity index (χ1) is 9.72. The third kappa shape index (κ3) is 3.76. The van der Waals surface area contributed by atoms with Crippen molar-refractivity contribution in [1.29, 1.82) is 0 Å². The van der Waals surface area contributed by atoms with Crippen molar-refractivity contribution in [2.75, 3.05) is 26.2 Å². The first-order valence-electron chi connectivity index (χ1n) is 8.03. The van der Waals surface area contributed by atoms with E-state index in [1.54, 1.807) is 0 Å². The number of rotatable bonds is 2.